The van der Waals surface area contributed by atoms with Crippen LogP contribution in [-0.2, 0) is 14.6 Å². The number of urea groups is 1. The normalized spacial score (nSPS) is 10.9. The summed E-state index contributed by atoms with van der Waals surface area (Å²) in [4.78, 5) is 24.2. The zero-order valence-electron chi connectivity index (χ0n) is 16.6. The highest BCUT2D eigenvalue weighted by Gasteiger charge is 2.14. The van der Waals surface area contributed by atoms with Crippen LogP contribution >= 0.6 is 11.6 Å². The third-order valence-electron chi connectivity index (χ3n) is 4.28. The van der Waals surface area contributed by atoms with Crippen molar-refractivity contribution in [2.45, 2.75) is 4.90 Å². The topological polar surface area (TPSA) is 104 Å². The zero-order valence-corrected chi connectivity index (χ0v) is 18.1. The fourth-order valence-corrected chi connectivity index (χ4v) is 3.87. The second-order valence-corrected chi connectivity index (χ2v) is 9.13. The first-order valence-electron chi connectivity index (χ1n) is 9.22. The summed E-state index contributed by atoms with van der Waals surface area (Å²) in [5.74, 6) is -0.407. The predicted octanol–water partition coefficient (Wildman–Crippen LogP) is 4.17. The van der Waals surface area contributed by atoms with Crippen molar-refractivity contribution < 1.29 is 18.0 Å². The molecule has 0 saturated carbocycles. The van der Waals surface area contributed by atoms with Gasteiger partial charge in [-0.15, -0.1) is 0 Å². The van der Waals surface area contributed by atoms with Crippen LogP contribution in [0.2, 0.25) is 5.02 Å². The van der Waals surface area contributed by atoms with E-state index in [4.69, 9.17) is 11.6 Å². The number of carbonyl (C=O) groups is 2. The van der Waals surface area contributed by atoms with E-state index in [1.54, 1.807) is 72.8 Å². The van der Waals surface area contributed by atoms with Crippen LogP contribution in [0.3, 0.4) is 0 Å². The number of sulfone groups is 1. The number of hydrogen-bond donors (Lipinski definition) is 3. The van der Waals surface area contributed by atoms with Gasteiger partial charge in [-0.05, 0) is 48.0 Å². The number of anilines is 2. The molecule has 31 heavy (non-hydrogen) atoms. The third kappa shape index (κ3) is 6.31. The molecular weight excluding hydrogens is 438 g/mol. The fourth-order valence-electron chi connectivity index (χ4n) is 2.84. The molecule has 0 unspecified atom stereocenters. The lowest BCUT2D eigenvalue weighted by molar-refractivity contribution is -0.115. The molecule has 3 amide bonds. The molecule has 0 aliphatic heterocycles. The Hall–Kier alpha value is -3.36. The van der Waals surface area contributed by atoms with Gasteiger partial charge >= 0.3 is 6.03 Å². The van der Waals surface area contributed by atoms with Crippen molar-refractivity contribution in [3.8, 4) is 11.1 Å². The average Bonchev–Trinajstić information content (AvgIpc) is 2.74. The molecule has 9 heteroatoms. The van der Waals surface area contributed by atoms with E-state index in [9.17, 15) is 18.0 Å². The maximum Gasteiger partial charge on any atom is 0.319 e. The summed E-state index contributed by atoms with van der Waals surface area (Å²) in [6.45, 7) is -0.224. The molecule has 7 nitrogen and oxygen atoms in total. The molecule has 0 fully saturated rings. The van der Waals surface area contributed by atoms with Gasteiger partial charge in [0.1, 0.15) is 0 Å². The van der Waals surface area contributed by atoms with Crippen LogP contribution in [0.1, 0.15) is 0 Å². The molecule has 3 aromatic rings. The summed E-state index contributed by atoms with van der Waals surface area (Å²) < 4.78 is 24.0. The summed E-state index contributed by atoms with van der Waals surface area (Å²) in [6, 6.07) is 19.5. The standard InChI is InChI=1S/C22H20ClN3O4S/c1-31(29,30)20-5-3-2-4-19(20)15-6-10-17(11-7-15)25-21(27)14-24-22(28)26-18-12-8-16(23)9-13-18/h2-13H,14H2,1H3,(H,25,27)(H2,24,26,28). The van der Waals surface area contributed by atoms with E-state index in [1.807, 2.05) is 0 Å². The maximum atomic E-state index is 12.1. The Kier molecular flexibility index (Phi) is 6.94. The van der Waals surface area contributed by atoms with Crippen molar-refractivity contribution in [1.29, 1.82) is 0 Å². The fraction of sp³-hybridized carbons (Fsp3) is 0.0909. The number of nitrogens with one attached hydrogen (secondary N) is 3. The van der Waals surface area contributed by atoms with Crippen LogP contribution in [0.25, 0.3) is 11.1 Å². The SMILES string of the molecule is CS(=O)(=O)c1ccccc1-c1ccc(NC(=O)CNC(=O)Nc2ccc(Cl)cc2)cc1. The van der Waals surface area contributed by atoms with Gasteiger partial charge < -0.3 is 16.0 Å². The van der Waals surface area contributed by atoms with Gasteiger partial charge in [0.25, 0.3) is 0 Å². The Labute approximate surface area is 185 Å². The van der Waals surface area contributed by atoms with Crippen molar-refractivity contribution in [2.75, 3.05) is 23.4 Å². The minimum absolute atomic E-state index is 0.224. The van der Waals surface area contributed by atoms with Crippen LogP contribution in [0.4, 0.5) is 16.2 Å². The molecule has 0 heterocycles. The van der Waals surface area contributed by atoms with Crippen molar-refractivity contribution in [3.05, 3.63) is 77.8 Å². The first kappa shape index (κ1) is 22.3. The van der Waals surface area contributed by atoms with E-state index >= 15 is 0 Å². The average molecular weight is 458 g/mol. The third-order valence-corrected chi connectivity index (χ3v) is 5.68. The Morgan fingerprint density at radius 2 is 1.42 bits per heavy atom. The number of halogens is 1. The van der Waals surface area contributed by atoms with Gasteiger partial charge in [0.2, 0.25) is 5.91 Å². The molecule has 160 valence electrons. The monoisotopic (exact) mass is 457 g/mol. The summed E-state index contributed by atoms with van der Waals surface area (Å²) in [5.41, 5.74) is 2.36. The van der Waals surface area contributed by atoms with E-state index in [-0.39, 0.29) is 11.4 Å². The Morgan fingerprint density at radius 1 is 0.839 bits per heavy atom. The van der Waals surface area contributed by atoms with E-state index in [1.165, 1.54) is 0 Å². The lowest BCUT2D eigenvalue weighted by atomic mass is 10.1. The van der Waals surface area contributed by atoms with Crippen LogP contribution in [0.5, 0.6) is 0 Å². The van der Waals surface area contributed by atoms with Gasteiger partial charge in [-0.2, -0.15) is 0 Å². The number of hydrogen-bond acceptors (Lipinski definition) is 4. The van der Waals surface area contributed by atoms with Crippen molar-refractivity contribution in [3.63, 3.8) is 0 Å². The molecule has 0 radical (unpaired) electrons. The lowest BCUT2D eigenvalue weighted by Gasteiger charge is -2.10. The molecular formula is C22H20ClN3O4S. The first-order chi connectivity index (χ1) is 14.7. The molecule has 3 rings (SSSR count). The molecule has 0 atom stereocenters. The van der Waals surface area contributed by atoms with Crippen molar-refractivity contribution in [1.82, 2.24) is 5.32 Å². The van der Waals surface area contributed by atoms with Gasteiger partial charge in [0.05, 0.1) is 11.4 Å². The Balaban J connectivity index is 1.57. The highest BCUT2D eigenvalue weighted by Crippen LogP contribution is 2.28. The second-order valence-electron chi connectivity index (χ2n) is 6.71. The molecule has 0 aromatic heterocycles. The summed E-state index contributed by atoms with van der Waals surface area (Å²) in [5, 5.41) is 8.29. The molecule has 0 aliphatic rings. The molecule has 0 bridgehead atoms. The minimum Gasteiger partial charge on any atom is -0.329 e. The number of rotatable bonds is 6. The Bertz CT molecular complexity index is 1190. The van der Waals surface area contributed by atoms with Gasteiger partial charge in [-0.25, -0.2) is 13.2 Å². The van der Waals surface area contributed by atoms with Crippen molar-refractivity contribution >= 4 is 44.8 Å². The van der Waals surface area contributed by atoms with Crippen LogP contribution in [0.15, 0.2) is 77.7 Å². The molecule has 0 spiro atoms. The maximum absolute atomic E-state index is 12.1. The van der Waals surface area contributed by atoms with Gasteiger partial charge in [-0.1, -0.05) is 41.9 Å². The summed E-state index contributed by atoms with van der Waals surface area (Å²) >= 11 is 5.79. The Morgan fingerprint density at radius 3 is 2.06 bits per heavy atom. The smallest absolute Gasteiger partial charge is 0.319 e. The van der Waals surface area contributed by atoms with E-state index in [0.717, 1.165) is 6.26 Å². The highest BCUT2D eigenvalue weighted by molar-refractivity contribution is 7.90. The minimum atomic E-state index is -3.37. The van der Waals surface area contributed by atoms with Crippen molar-refractivity contribution in [2.24, 2.45) is 0 Å². The zero-order chi connectivity index (χ0) is 22.4. The van der Waals surface area contributed by atoms with Crippen LogP contribution in [0, 0.1) is 0 Å². The molecule has 3 N–H and O–H groups in total. The molecule has 0 saturated heterocycles. The number of carbonyl (C=O) groups excluding carboxylic acids is 2. The van der Waals surface area contributed by atoms with Crippen LogP contribution in [-0.4, -0.2) is 33.2 Å². The van der Waals surface area contributed by atoms with Gasteiger partial charge in [0.15, 0.2) is 9.84 Å². The van der Waals surface area contributed by atoms with Crippen LogP contribution < -0.4 is 16.0 Å². The second kappa shape index (κ2) is 9.63. The lowest BCUT2D eigenvalue weighted by Crippen LogP contribution is -2.35. The van der Waals surface area contributed by atoms with E-state index < -0.39 is 21.8 Å². The quantitative estimate of drug-likeness (QED) is 0.516. The summed E-state index contributed by atoms with van der Waals surface area (Å²) in [7, 11) is -3.37. The predicted molar refractivity (Wildman–Crippen MR) is 122 cm³/mol. The summed E-state index contributed by atoms with van der Waals surface area (Å²) in [6.07, 6.45) is 1.16. The molecule has 0 aliphatic carbocycles. The highest BCUT2D eigenvalue weighted by atomic mass is 35.5. The van der Waals surface area contributed by atoms with Gasteiger partial charge in [0, 0.05) is 28.2 Å². The number of amides is 3. The van der Waals surface area contributed by atoms with E-state index in [0.29, 0.717) is 27.5 Å². The number of benzene rings is 3. The van der Waals surface area contributed by atoms with E-state index in [2.05, 4.69) is 16.0 Å². The first-order valence-corrected chi connectivity index (χ1v) is 11.5. The largest absolute Gasteiger partial charge is 0.329 e. The molecule has 3 aromatic carbocycles. The van der Waals surface area contributed by atoms with Gasteiger partial charge in [-0.3, -0.25) is 4.79 Å².